The third-order valence-electron chi connectivity index (χ3n) is 4.90. The summed E-state index contributed by atoms with van der Waals surface area (Å²) < 4.78 is 13.0. The van der Waals surface area contributed by atoms with Crippen molar-refractivity contribution < 1.29 is 19.1 Å². The zero-order chi connectivity index (χ0) is 25.4. The molecular formula is C24H29N5O4S2. The number of hydrogen-bond donors (Lipinski definition) is 1. The molecule has 2 heterocycles. The van der Waals surface area contributed by atoms with Crippen molar-refractivity contribution in [3.63, 3.8) is 0 Å². The van der Waals surface area contributed by atoms with Crippen molar-refractivity contribution in [2.45, 2.75) is 51.9 Å². The van der Waals surface area contributed by atoms with Crippen LogP contribution in [-0.2, 0) is 22.5 Å². The zero-order valence-corrected chi connectivity index (χ0v) is 21.9. The summed E-state index contributed by atoms with van der Waals surface area (Å²) >= 11 is 2.34. The maximum Gasteiger partial charge on any atom is 0.350 e. The zero-order valence-electron chi connectivity index (χ0n) is 20.2. The number of aromatic nitrogens is 4. The van der Waals surface area contributed by atoms with Crippen LogP contribution in [0.2, 0.25) is 0 Å². The average Bonchev–Trinajstić information content (AvgIpc) is 3.41. The van der Waals surface area contributed by atoms with Gasteiger partial charge >= 0.3 is 5.97 Å². The Morgan fingerprint density at radius 3 is 2.66 bits per heavy atom. The second-order valence-electron chi connectivity index (χ2n) is 7.49. The highest BCUT2D eigenvalue weighted by Crippen LogP contribution is 2.26. The van der Waals surface area contributed by atoms with Crippen LogP contribution in [0.3, 0.4) is 0 Å². The van der Waals surface area contributed by atoms with Crippen molar-refractivity contribution in [1.82, 2.24) is 19.7 Å². The molecule has 0 fully saturated rings. The van der Waals surface area contributed by atoms with Crippen molar-refractivity contribution in [2.24, 2.45) is 0 Å². The number of rotatable bonds is 12. The summed E-state index contributed by atoms with van der Waals surface area (Å²) in [5.74, 6) is 0.768. The van der Waals surface area contributed by atoms with Crippen LogP contribution in [0.1, 0.15) is 53.6 Å². The van der Waals surface area contributed by atoms with Crippen molar-refractivity contribution >= 4 is 40.1 Å². The molecular weight excluding hydrogens is 486 g/mol. The van der Waals surface area contributed by atoms with E-state index in [0.29, 0.717) is 33.2 Å². The van der Waals surface area contributed by atoms with Crippen molar-refractivity contribution in [3.05, 3.63) is 58.9 Å². The predicted molar refractivity (Wildman–Crippen MR) is 137 cm³/mol. The monoisotopic (exact) mass is 515 g/mol. The minimum absolute atomic E-state index is 0.0936. The second-order valence-corrected chi connectivity index (χ2v) is 9.43. The Hall–Kier alpha value is -3.18. The normalized spacial score (nSPS) is 11.7. The molecule has 11 heteroatoms. The highest BCUT2D eigenvalue weighted by molar-refractivity contribution is 7.99. The first-order valence-electron chi connectivity index (χ1n) is 11.2. The minimum Gasteiger partial charge on any atom is -0.483 e. The van der Waals surface area contributed by atoms with Gasteiger partial charge in [-0.3, -0.25) is 9.36 Å². The molecule has 1 N–H and O–H groups in total. The third kappa shape index (κ3) is 6.92. The molecule has 0 aliphatic rings. The molecule has 0 saturated carbocycles. The second kappa shape index (κ2) is 12.5. The van der Waals surface area contributed by atoms with E-state index in [0.717, 1.165) is 23.5 Å². The van der Waals surface area contributed by atoms with Gasteiger partial charge in [-0.25, -0.2) is 9.78 Å². The highest BCUT2D eigenvalue weighted by Gasteiger charge is 2.21. The molecule has 2 aromatic heterocycles. The van der Waals surface area contributed by atoms with Gasteiger partial charge in [0.1, 0.15) is 10.6 Å². The standard InChI is InChI=1S/C24H29N5O4S2/c1-6-13-29-21(16(5)33-18-11-9-17(7-2)10-12-18)27-28-24(29)34-14-19(30)26-23-25-15(4)20(35-23)22(31)32-8-3/h6,9-12,16H,1,7-8,13-14H2,2-5H3,(H,25,26,30). The summed E-state index contributed by atoms with van der Waals surface area (Å²) in [6, 6.07) is 7.96. The van der Waals surface area contributed by atoms with E-state index >= 15 is 0 Å². The number of allylic oxidation sites excluding steroid dienone is 1. The van der Waals surface area contributed by atoms with E-state index in [4.69, 9.17) is 9.47 Å². The fraction of sp³-hybridized carbons (Fsp3) is 0.375. The van der Waals surface area contributed by atoms with Gasteiger partial charge in [0, 0.05) is 6.54 Å². The molecule has 35 heavy (non-hydrogen) atoms. The number of nitrogens with zero attached hydrogens (tertiary/aromatic N) is 4. The maximum absolute atomic E-state index is 12.5. The van der Waals surface area contributed by atoms with Crippen LogP contribution in [0.15, 0.2) is 42.1 Å². The summed E-state index contributed by atoms with van der Waals surface area (Å²) in [6.45, 7) is 12.0. The van der Waals surface area contributed by atoms with Gasteiger partial charge < -0.3 is 14.8 Å². The van der Waals surface area contributed by atoms with Crippen LogP contribution in [0.4, 0.5) is 5.13 Å². The molecule has 1 aromatic carbocycles. The summed E-state index contributed by atoms with van der Waals surface area (Å²) in [6.07, 6.45) is 2.36. The van der Waals surface area contributed by atoms with Gasteiger partial charge in [0.15, 0.2) is 22.2 Å². The van der Waals surface area contributed by atoms with E-state index in [2.05, 4.69) is 34.0 Å². The minimum atomic E-state index is -0.444. The van der Waals surface area contributed by atoms with Crippen LogP contribution in [-0.4, -0.2) is 44.0 Å². The number of nitrogens with one attached hydrogen (secondary N) is 1. The van der Waals surface area contributed by atoms with Gasteiger partial charge in [0.25, 0.3) is 0 Å². The highest BCUT2D eigenvalue weighted by atomic mass is 32.2. The molecule has 0 bridgehead atoms. The number of ether oxygens (including phenoxy) is 2. The number of anilines is 1. The van der Waals surface area contributed by atoms with Crippen molar-refractivity contribution in [3.8, 4) is 5.75 Å². The molecule has 3 aromatic rings. The lowest BCUT2D eigenvalue weighted by molar-refractivity contribution is -0.113. The first-order chi connectivity index (χ1) is 16.9. The fourth-order valence-corrected chi connectivity index (χ4v) is 4.82. The first kappa shape index (κ1) is 26.4. The molecule has 0 aliphatic heterocycles. The lowest BCUT2D eigenvalue weighted by Gasteiger charge is -2.16. The van der Waals surface area contributed by atoms with Gasteiger partial charge in [0.05, 0.1) is 18.1 Å². The number of thiazole rings is 1. The van der Waals surface area contributed by atoms with E-state index in [9.17, 15) is 9.59 Å². The number of carbonyl (C=O) groups is 2. The number of esters is 1. The van der Waals surface area contributed by atoms with Crippen LogP contribution < -0.4 is 10.1 Å². The van der Waals surface area contributed by atoms with Gasteiger partial charge in [-0.05, 0) is 44.9 Å². The molecule has 0 aliphatic carbocycles. The Balaban J connectivity index is 1.64. The number of aryl methyl sites for hydroxylation is 2. The largest absolute Gasteiger partial charge is 0.483 e. The Labute approximate surface area is 213 Å². The molecule has 3 rings (SSSR count). The predicted octanol–water partition coefficient (Wildman–Crippen LogP) is 4.84. The summed E-state index contributed by atoms with van der Waals surface area (Å²) in [5.41, 5.74) is 1.76. The summed E-state index contributed by atoms with van der Waals surface area (Å²) in [5, 5.41) is 12.2. The molecule has 186 valence electrons. The molecule has 0 radical (unpaired) electrons. The Morgan fingerprint density at radius 2 is 2.00 bits per heavy atom. The smallest absolute Gasteiger partial charge is 0.350 e. The molecule has 1 unspecified atom stereocenters. The van der Waals surface area contributed by atoms with E-state index in [-0.39, 0.29) is 24.4 Å². The third-order valence-corrected chi connectivity index (χ3v) is 6.92. The van der Waals surface area contributed by atoms with Gasteiger partial charge in [-0.15, -0.1) is 16.8 Å². The lowest BCUT2D eigenvalue weighted by Crippen LogP contribution is -2.15. The van der Waals surface area contributed by atoms with Gasteiger partial charge in [0.2, 0.25) is 5.91 Å². The van der Waals surface area contributed by atoms with Crippen LogP contribution in [0.5, 0.6) is 5.75 Å². The SMILES string of the molecule is C=CCn1c(SCC(=O)Nc2nc(C)c(C(=O)OCC)s2)nnc1C(C)Oc1ccc(CC)cc1. The summed E-state index contributed by atoms with van der Waals surface area (Å²) in [4.78, 5) is 29.1. The van der Waals surface area contributed by atoms with Crippen LogP contribution >= 0.6 is 23.1 Å². The van der Waals surface area contributed by atoms with Gasteiger partial charge in [-0.2, -0.15) is 0 Å². The van der Waals surface area contributed by atoms with Crippen LogP contribution in [0.25, 0.3) is 0 Å². The maximum atomic E-state index is 12.5. The Bertz CT molecular complexity index is 1170. The van der Waals surface area contributed by atoms with E-state index in [1.54, 1.807) is 19.9 Å². The number of thioether (sulfide) groups is 1. The lowest BCUT2D eigenvalue weighted by atomic mass is 10.2. The number of amides is 1. The van der Waals surface area contributed by atoms with E-state index in [1.807, 2.05) is 35.8 Å². The quantitative estimate of drug-likeness (QED) is 0.207. The Morgan fingerprint density at radius 1 is 1.26 bits per heavy atom. The first-order valence-corrected chi connectivity index (χ1v) is 13.0. The van der Waals surface area contributed by atoms with Crippen molar-refractivity contribution in [2.75, 3.05) is 17.7 Å². The van der Waals surface area contributed by atoms with E-state index in [1.165, 1.54) is 17.3 Å². The summed E-state index contributed by atoms with van der Waals surface area (Å²) in [7, 11) is 0. The van der Waals surface area contributed by atoms with E-state index < -0.39 is 5.97 Å². The van der Waals surface area contributed by atoms with Crippen LogP contribution in [0, 0.1) is 6.92 Å². The number of carbonyl (C=O) groups excluding carboxylic acids is 2. The molecule has 0 saturated heterocycles. The number of hydrogen-bond acceptors (Lipinski definition) is 9. The molecule has 1 amide bonds. The van der Waals surface area contributed by atoms with Gasteiger partial charge in [-0.1, -0.05) is 48.2 Å². The molecule has 0 spiro atoms. The number of benzene rings is 1. The molecule has 9 nitrogen and oxygen atoms in total. The van der Waals surface area contributed by atoms with Crippen molar-refractivity contribution in [1.29, 1.82) is 0 Å². The average molecular weight is 516 g/mol. The fourth-order valence-electron chi connectivity index (χ4n) is 3.19. The Kier molecular flexibility index (Phi) is 9.44. The molecule has 1 atom stereocenters. The topological polar surface area (TPSA) is 108 Å².